The second-order valence-electron chi connectivity index (χ2n) is 5.49. The van der Waals surface area contributed by atoms with E-state index in [0.29, 0.717) is 18.2 Å². The third kappa shape index (κ3) is 3.46. The quantitative estimate of drug-likeness (QED) is 0.910. The Balaban J connectivity index is 1.53. The number of nitrogens with zero attached hydrogens (tertiary/aromatic N) is 2. The summed E-state index contributed by atoms with van der Waals surface area (Å²) in [7, 11) is 1.81. The number of carbonyl (C=O) groups excluding carboxylic acids is 1. The van der Waals surface area contributed by atoms with Crippen molar-refractivity contribution in [2.75, 3.05) is 18.5 Å². The van der Waals surface area contributed by atoms with Crippen LogP contribution in [-0.2, 0) is 11.8 Å². The number of carbonyl (C=O) groups is 1. The molecule has 0 saturated carbocycles. The summed E-state index contributed by atoms with van der Waals surface area (Å²) < 4.78 is 7.47. The van der Waals surface area contributed by atoms with Gasteiger partial charge in [-0.15, -0.1) is 0 Å². The third-order valence-corrected chi connectivity index (χ3v) is 3.83. The molecule has 0 spiro atoms. The van der Waals surface area contributed by atoms with Crippen LogP contribution in [0.2, 0.25) is 0 Å². The highest BCUT2D eigenvalue weighted by Gasteiger charge is 2.29. The zero-order valence-corrected chi connectivity index (χ0v) is 12.5. The fourth-order valence-electron chi connectivity index (χ4n) is 2.74. The number of nitrogens with one attached hydrogen (secondary N) is 2. The number of anilines is 1. The van der Waals surface area contributed by atoms with E-state index in [1.807, 2.05) is 25.2 Å². The Kier molecular flexibility index (Phi) is 4.39. The molecular formula is C16H20N4O2. The number of benzene rings is 1. The van der Waals surface area contributed by atoms with Gasteiger partial charge in [0, 0.05) is 32.3 Å². The van der Waals surface area contributed by atoms with Gasteiger partial charge in [-0.3, -0.25) is 4.68 Å². The van der Waals surface area contributed by atoms with Crippen LogP contribution in [0.25, 0.3) is 0 Å². The first kappa shape index (κ1) is 14.6. The van der Waals surface area contributed by atoms with Gasteiger partial charge < -0.3 is 15.4 Å². The van der Waals surface area contributed by atoms with Crippen LogP contribution in [0.5, 0.6) is 0 Å². The van der Waals surface area contributed by atoms with Crippen LogP contribution in [0.15, 0.2) is 42.7 Å². The number of aromatic nitrogens is 2. The minimum absolute atomic E-state index is 0.0555. The summed E-state index contributed by atoms with van der Waals surface area (Å²) in [6.45, 7) is 1.32. The van der Waals surface area contributed by atoms with E-state index in [2.05, 4.69) is 27.9 Å². The van der Waals surface area contributed by atoms with E-state index in [0.717, 1.165) is 13.0 Å². The molecule has 22 heavy (non-hydrogen) atoms. The topological polar surface area (TPSA) is 68.2 Å². The minimum atomic E-state index is -0.216. The summed E-state index contributed by atoms with van der Waals surface area (Å²) in [5, 5.41) is 9.70. The second kappa shape index (κ2) is 6.62. The Morgan fingerprint density at radius 2 is 2.23 bits per heavy atom. The standard InChI is InChI=1S/C16H20N4O2/c1-20-11-14(10-18-20)19-16(21)17-9-13-7-8-22-15(13)12-5-3-2-4-6-12/h2-6,10-11,13,15H,7-9H2,1H3,(H2,17,19,21)/t13-,15-/m0/s1. The maximum atomic E-state index is 11.9. The van der Waals surface area contributed by atoms with E-state index in [1.165, 1.54) is 5.56 Å². The average Bonchev–Trinajstić information content (AvgIpc) is 3.15. The molecule has 2 aromatic rings. The van der Waals surface area contributed by atoms with Crippen molar-refractivity contribution in [3.63, 3.8) is 0 Å². The molecule has 6 nitrogen and oxygen atoms in total. The Morgan fingerprint density at radius 1 is 1.41 bits per heavy atom. The zero-order valence-electron chi connectivity index (χ0n) is 12.5. The van der Waals surface area contributed by atoms with Crippen molar-refractivity contribution < 1.29 is 9.53 Å². The monoisotopic (exact) mass is 300 g/mol. The molecule has 1 fully saturated rings. The zero-order chi connectivity index (χ0) is 15.4. The summed E-state index contributed by atoms with van der Waals surface area (Å²) in [5.74, 6) is 0.294. The molecule has 3 rings (SSSR count). The molecule has 0 bridgehead atoms. The lowest BCUT2D eigenvalue weighted by atomic mass is 9.95. The van der Waals surface area contributed by atoms with Gasteiger partial charge in [0.25, 0.3) is 0 Å². The Bertz CT molecular complexity index is 626. The highest BCUT2D eigenvalue weighted by atomic mass is 16.5. The molecule has 1 aliphatic rings. The molecule has 2 atom stereocenters. The fourth-order valence-corrected chi connectivity index (χ4v) is 2.74. The van der Waals surface area contributed by atoms with Gasteiger partial charge in [0.15, 0.2) is 0 Å². The first-order chi connectivity index (χ1) is 10.7. The van der Waals surface area contributed by atoms with Crippen LogP contribution in [0.1, 0.15) is 18.1 Å². The summed E-state index contributed by atoms with van der Waals surface area (Å²) in [4.78, 5) is 11.9. The summed E-state index contributed by atoms with van der Waals surface area (Å²) in [5.41, 5.74) is 1.85. The Hall–Kier alpha value is -2.34. The van der Waals surface area contributed by atoms with Crippen LogP contribution >= 0.6 is 0 Å². The third-order valence-electron chi connectivity index (χ3n) is 3.83. The normalized spacial score (nSPS) is 20.8. The van der Waals surface area contributed by atoms with Crippen molar-refractivity contribution in [3.8, 4) is 0 Å². The van der Waals surface area contributed by atoms with Crippen LogP contribution in [-0.4, -0.2) is 29.0 Å². The summed E-state index contributed by atoms with van der Waals surface area (Å²) in [6.07, 6.45) is 4.38. The maximum absolute atomic E-state index is 11.9. The van der Waals surface area contributed by atoms with E-state index in [1.54, 1.807) is 17.1 Å². The van der Waals surface area contributed by atoms with E-state index >= 15 is 0 Å². The summed E-state index contributed by atoms with van der Waals surface area (Å²) in [6, 6.07) is 9.93. The van der Waals surface area contributed by atoms with Gasteiger partial charge in [0.2, 0.25) is 0 Å². The summed E-state index contributed by atoms with van der Waals surface area (Å²) >= 11 is 0. The van der Waals surface area contributed by atoms with E-state index in [9.17, 15) is 4.79 Å². The number of amides is 2. The molecule has 116 valence electrons. The molecule has 0 aliphatic carbocycles. The smallest absolute Gasteiger partial charge is 0.319 e. The van der Waals surface area contributed by atoms with Crippen molar-refractivity contribution in [2.45, 2.75) is 12.5 Å². The molecule has 1 saturated heterocycles. The molecule has 2 amide bonds. The van der Waals surface area contributed by atoms with Gasteiger partial charge >= 0.3 is 6.03 Å². The molecular weight excluding hydrogens is 280 g/mol. The minimum Gasteiger partial charge on any atom is -0.373 e. The Labute approximate surface area is 129 Å². The predicted molar refractivity (Wildman–Crippen MR) is 83.5 cm³/mol. The highest BCUT2D eigenvalue weighted by molar-refractivity contribution is 5.88. The predicted octanol–water partition coefficient (Wildman–Crippen LogP) is 2.32. The largest absolute Gasteiger partial charge is 0.373 e. The van der Waals surface area contributed by atoms with Crippen molar-refractivity contribution >= 4 is 11.7 Å². The van der Waals surface area contributed by atoms with Crippen LogP contribution < -0.4 is 10.6 Å². The van der Waals surface area contributed by atoms with Crippen molar-refractivity contribution in [3.05, 3.63) is 48.3 Å². The lowest BCUT2D eigenvalue weighted by Gasteiger charge is -2.19. The van der Waals surface area contributed by atoms with Crippen molar-refractivity contribution in [1.82, 2.24) is 15.1 Å². The van der Waals surface area contributed by atoms with E-state index in [4.69, 9.17) is 4.74 Å². The van der Waals surface area contributed by atoms with E-state index in [-0.39, 0.29) is 12.1 Å². The number of ether oxygens (including phenoxy) is 1. The van der Waals surface area contributed by atoms with Gasteiger partial charge in [-0.2, -0.15) is 5.10 Å². The van der Waals surface area contributed by atoms with Gasteiger partial charge in [0.05, 0.1) is 18.0 Å². The van der Waals surface area contributed by atoms with Crippen molar-refractivity contribution in [1.29, 1.82) is 0 Å². The lowest BCUT2D eigenvalue weighted by Crippen LogP contribution is -2.33. The van der Waals surface area contributed by atoms with Gasteiger partial charge in [-0.25, -0.2) is 4.79 Å². The number of rotatable bonds is 4. The van der Waals surface area contributed by atoms with E-state index < -0.39 is 0 Å². The molecule has 1 aliphatic heterocycles. The fraction of sp³-hybridized carbons (Fsp3) is 0.375. The van der Waals surface area contributed by atoms with Crippen LogP contribution in [0.3, 0.4) is 0 Å². The van der Waals surface area contributed by atoms with Gasteiger partial charge in [-0.05, 0) is 12.0 Å². The molecule has 0 radical (unpaired) electrons. The Morgan fingerprint density at radius 3 is 2.95 bits per heavy atom. The van der Waals surface area contributed by atoms with Crippen molar-refractivity contribution in [2.24, 2.45) is 13.0 Å². The molecule has 0 unspecified atom stereocenters. The molecule has 6 heteroatoms. The van der Waals surface area contributed by atoms with Gasteiger partial charge in [0.1, 0.15) is 0 Å². The molecule has 1 aromatic heterocycles. The SMILES string of the molecule is Cn1cc(NC(=O)NC[C@@H]2CCO[C@H]2c2ccccc2)cn1. The second-order valence-corrected chi connectivity index (χ2v) is 5.49. The maximum Gasteiger partial charge on any atom is 0.319 e. The number of aryl methyl sites for hydroxylation is 1. The van der Waals surface area contributed by atoms with Gasteiger partial charge in [-0.1, -0.05) is 30.3 Å². The number of hydrogen-bond donors (Lipinski definition) is 2. The average molecular weight is 300 g/mol. The highest BCUT2D eigenvalue weighted by Crippen LogP contribution is 2.33. The molecule has 2 heterocycles. The first-order valence-corrected chi connectivity index (χ1v) is 7.42. The first-order valence-electron chi connectivity index (χ1n) is 7.42. The molecule has 1 aromatic carbocycles. The lowest BCUT2D eigenvalue weighted by molar-refractivity contribution is 0.0911. The number of urea groups is 1. The van der Waals surface area contributed by atoms with Crippen LogP contribution in [0.4, 0.5) is 10.5 Å². The molecule has 2 N–H and O–H groups in total. The number of hydrogen-bond acceptors (Lipinski definition) is 3. The van der Waals surface area contributed by atoms with Crippen LogP contribution in [0, 0.1) is 5.92 Å².